The largest absolute Gasteiger partial charge is 0.378 e. The van der Waals surface area contributed by atoms with Crippen LogP contribution in [0.3, 0.4) is 0 Å². The summed E-state index contributed by atoms with van der Waals surface area (Å²) in [5.74, 6) is 1.44. The van der Waals surface area contributed by atoms with Crippen molar-refractivity contribution >= 4 is 11.6 Å². The quantitative estimate of drug-likeness (QED) is 0.867. The van der Waals surface area contributed by atoms with E-state index in [1.54, 1.807) is 6.20 Å². The summed E-state index contributed by atoms with van der Waals surface area (Å²) in [4.78, 5) is 25.7. The van der Waals surface area contributed by atoms with Crippen LogP contribution in [0.25, 0.3) is 0 Å². The highest BCUT2D eigenvalue weighted by Crippen LogP contribution is 2.24. The summed E-state index contributed by atoms with van der Waals surface area (Å²) >= 11 is 0. The van der Waals surface area contributed by atoms with Gasteiger partial charge < -0.3 is 14.4 Å². The number of imidazole rings is 1. The first-order chi connectivity index (χ1) is 11.4. The van der Waals surface area contributed by atoms with Crippen LogP contribution >= 0.6 is 0 Å². The minimum atomic E-state index is -0.0268. The van der Waals surface area contributed by atoms with Crippen molar-refractivity contribution in [2.75, 3.05) is 25.5 Å². The molecule has 3 heterocycles. The number of hydrogen-bond acceptors (Lipinski definition) is 4. The second kappa shape index (κ2) is 6.26. The van der Waals surface area contributed by atoms with Crippen molar-refractivity contribution in [1.82, 2.24) is 19.4 Å². The molecule has 2 aromatic heterocycles. The molecule has 1 aliphatic heterocycles. The third-order valence-corrected chi connectivity index (χ3v) is 4.57. The smallest absolute Gasteiger partial charge is 0.272 e. The molecule has 3 rings (SSSR count). The first-order valence-electron chi connectivity index (χ1n) is 8.35. The lowest BCUT2D eigenvalue weighted by molar-refractivity contribution is 0.0725. The normalized spacial score (nSPS) is 14.0. The van der Waals surface area contributed by atoms with Gasteiger partial charge in [0.1, 0.15) is 11.5 Å². The molecular formula is C18H25N5O. The summed E-state index contributed by atoms with van der Waals surface area (Å²) < 4.78 is 2.19. The van der Waals surface area contributed by atoms with E-state index < -0.39 is 0 Å². The van der Waals surface area contributed by atoms with Crippen LogP contribution in [0.5, 0.6) is 0 Å². The number of carbonyl (C=O) groups is 1. The van der Waals surface area contributed by atoms with Gasteiger partial charge in [0.25, 0.3) is 5.91 Å². The van der Waals surface area contributed by atoms with Crippen LogP contribution in [-0.2, 0) is 20.0 Å². The van der Waals surface area contributed by atoms with Crippen molar-refractivity contribution in [3.05, 3.63) is 41.2 Å². The summed E-state index contributed by atoms with van der Waals surface area (Å²) in [6.45, 7) is 5.56. The number of nitrogens with zero attached hydrogens (tertiary/aromatic N) is 5. The molecule has 0 saturated carbocycles. The fraction of sp³-hybridized carbons (Fsp3) is 0.500. The Morgan fingerprint density at radius 3 is 2.75 bits per heavy atom. The molecule has 2 aromatic rings. The molecule has 0 saturated heterocycles. The zero-order chi connectivity index (χ0) is 17.4. The van der Waals surface area contributed by atoms with E-state index in [1.807, 2.05) is 36.0 Å². The number of fused-ring (bicyclic) bond motifs is 1. The molecule has 6 nitrogen and oxygen atoms in total. The number of carbonyl (C=O) groups excluding carboxylic acids is 1. The first-order valence-corrected chi connectivity index (χ1v) is 8.35. The molecule has 0 unspecified atom stereocenters. The van der Waals surface area contributed by atoms with Gasteiger partial charge in [-0.15, -0.1) is 0 Å². The van der Waals surface area contributed by atoms with E-state index in [9.17, 15) is 4.79 Å². The number of pyridine rings is 1. The van der Waals surface area contributed by atoms with Crippen molar-refractivity contribution in [3.8, 4) is 0 Å². The second-order valence-corrected chi connectivity index (χ2v) is 6.85. The zero-order valence-electron chi connectivity index (χ0n) is 15.1. The van der Waals surface area contributed by atoms with Gasteiger partial charge in [-0.3, -0.25) is 9.78 Å². The van der Waals surface area contributed by atoms with Gasteiger partial charge in [0.05, 0.1) is 12.2 Å². The van der Waals surface area contributed by atoms with E-state index in [0.717, 1.165) is 23.6 Å². The summed E-state index contributed by atoms with van der Waals surface area (Å²) in [6, 6.07) is 3.74. The maximum absolute atomic E-state index is 12.8. The number of aromatic nitrogens is 3. The highest BCUT2D eigenvalue weighted by atomic mass is 16.2. The average molecular weight is 327 g/mol. The Labute approximate surface area is 143 Å². The van der Waals surface area contributed by atoms with Gasteiger partial charge in [0.15, 0.2) is 0 Å². The SMILES string of the molecule is CC(C)c1nc2c(n1C)CCN(C(=O)c1cc(N(C)C)ccn1)C2. The maximum atomic E-state index is 12.8. The Balaban J connectivity index is 1.84. The molecule has 0 bridgehead atoms. The number of amides is 1. The minimum Gasteiger partial charge on any atom is -0.378 e. The zero-order valence-corrected chi connectivity index (χ0v) is 15.1. The molecule has 6 heteroatoms. The first kappa shape index (κ1) is 16.5. The van der Waals surface area contributed by atoms with Gasteiger partial charge in [0, 0.05) is 57.6 Å². The predicted molar refractivity (Wildman–Crippen MR) is 94.3 cm³/mol. The summed E-state index contributed by atoms with van der Waals surface area (Å²) in [6.07, 6.45) is 2.53. The van der Waals surface area contributed by atoms with E-state index in [0.29, 0.717) is 24.7 Å². The van der Waals surface area contributed by atoms with E-state index in [4.69, 9.17) is 4.98 Å². The third-order valence-electron chi connectivity index (χ3n) is 4.57. The van der Waals surface area contributed by atoms with Gasteiger partial charge in [-0.25, -0.2) is 4.98 Å². The number of hydrogen-bond donors (Lipinski definition) is 0. The lowest BCUT2D eigenvalue weighted by Gasteiger charge is -2.26. The number of anilines is 1. The predicted octanol–water partition coefficient (Wildman–Crippen LogP) is 2.20. The fourth-order valence-electron chi connectivity index (χ4n) is 3.22. The third kappa shape index (κ3) is 2.88. The minimum absolute atomic E-state index is 0.0268. The van der Waals surface area contributed by atoms with Gasteiger partial charge >= 0.3 is 0 Å². The van der Waals surface area contributed by atoms with Crippen LogP contribution in [0.1, 0.15) is 47.5 Å². The van der Waals surface area contributed by atoms with Crippen molar-refractivity contribution in [1.29, 1.82) is 0 Å². The topological polar surface area (TPSA) is 54.3 Å². The van der Waals surface area contributed by atoms with Crippen molar-refractivity contribution < 1.29 is 4.79 Å². The summed E-state index contributed by atoms with van der Waals surface area (Å²) in [5.41, 5.74) is 3.73. The van der Waals surface area contributed by atoms with Crippen molar-refractivity contribution in [2.45, 2.75) is 32.7 Å². The molecule has 128 valence electrons. The molecule has 0 fully saturated rings. The molecule has 1 amide bonds. The molecule has 0 N–H and O–H groups in total. The van der Waals surface area contributed by atoms with Crippen LogP contribution in [0.15, 0.2) is 18.3 Å². The Hall–Kier alpha value is -2.37. The number of rotatable bonds is 3. The molecule has 0 radical (unpaired) electrons. The standard InChI is InChI=1S/C18H25N5O/c1-12(2)17-20-15-11-23(9-7-16(15)22(17)5)18(24)14-10-13(21(3)4)6-8-19-14/h6,8,10,12H,7,9,11H2,1-5H3. The van der Waals surface area contributed by atoms with E-state index in [1.165, 1.54) is 5.69 Å². The van der Waals surface area contributed by atoms with Gasteiger partial charge in [0.2, 0.25) is 0 Å². The highest BCUT2D eigenvalue weighted by Gasteiger charge is 2.27. The van der Waals surface area contributed by atoms with Crippen LogP contribution in [-0.4, -0.2) is 46.0 Å². The monoisotopic (exact) mass is 327 g/mol. The van der Waals surface area contributed by atoms with Crippen LogP contribution < -0.4 is 4.90 Å². The lowest BCUT2D eigenvalue weighted by atomic mass is 10.1. The molecule has 0 spiro atoms. The lowest BCUT2D eigenvalue weighted by Crippen LogP contribution is -2.37. The Morgan fingerprint density at radius 1 is 1.33 bits per heavy atom. The van der Waals surface area contributed by atoms with E-state index in [2.05, 4.69) is 30.4 Å². The molecular weight excluding hydrogens is 302 g/mol. The van der Waals surface area contributed by atoms with E-state index in [-0.39, 0.29) is 5.91 Å². The van der Waals surface area contributed by atoms with Gasteiger partial charge in [-0.1, -0.05) is 13.8 Å². The maximum Gasteiger partial charge on any atom is 0.272 e. The Kier molecular flexibility index (Phi) is 4.30. The van der Waals surface area contributed by atoms with Crippen molar-refractivity contribution in [2.24, 2.45) is 7.05 Å². The highest BCUT2D eigenvalue weighted by molar-refractivity contribution is 5.93. The summed E-state index contributed by atoms with van der Waals surface area (Å²) in [7, 11) is 5.98. The molecule has 24 heavy (non-hydrogen) atoms. The van der Waals surface area contributed by atoms with Crippen molar-refractivity contribution in [3.63, 3.8) is 0 Å². The Morgan fingerprint density at radius 2 is 2.08 bits per heavy atom. The van der Waals surface area contributed by atoms with Crippen LogP contribution in [0, 0.1) is 0 Å². The van der Waals surface area contributed by atoms with Crippen LogP contribution in [0.2, 0.25) is 0 Å². The van der Waals surface area contributed by atoms with Gasteiger partial charge in [-0.2, -0.15) is 0 Å². The molecule has 0 atom stereocenters. The van der Waals surface area contributed by atoms with E-state index >= 15 is 0 Å². The van der Waals surface area contributed by atoms with Crippen LogP contribution in [0.4, 0.5) is 5.69 Å². The fourth-order valence-corrected chi connectivity index (χ4v) is 3.22. The Bertz CT molecular complexity index is 763. The summed E-state index contributed by atoms with van der Waals surface area (Å²) in [5, 5.41) is 0. The van der Waals surface area contributed by atoms with Gasteiger partial charge in [-0.05, 0) is 12.1 Å². The molecule has 1 aliphatic rings. The molecule has 0 aromatic carbocycles. The molecule has 0 aliphatic carbocycles. The second-order valence-electron chi connectivity index (χ2n) is 6.85. The average Bonchev–Trinajstić information content (AvgIpc) is 2.91.